The Morgan fingerprint density at radius 2 is 2.17 bits per heavy atom. The number of anilines is 1. The highest BCUT2D eigenvalue weighted by Gasteiger charge is 2.31. The van der Waals surface area contributed by atoms with Crippen LogP contribution >= 0.6 is 0 Å². The molecule has 1 fully saturated rings. The van der Waals surface area contributed by atoms with Crippen molar-refractivity contribution in [2.45, 2.75) is 25.8 Å². The summed E-state index contributed by atoms with van der Waals surface area (Å²) in [6, 6.07) is 5.60. The number of hydrogen-bond acceptors (Lipinski definition) is 3. The minimum atomic E-state index is -0.480. The fourth-order valence-electron chi connectivity index (χ4n) is 2.78. The van der Waals surface area contributed by atoms with Crippen molar-refractivity contribution >= 4 is 17.6 Å². The molecule has 1 aromatic carbocycles. The van der Waals surface area contributed by atoms with Crippen LogP contribution in [0.3, 0.4) is 0 Å². The number of nitrogens with zero attached hydrogens (tertiary/aromatic N) is 2. The lowest BCUT2D eigenvalue weighted by Gasteiger charge is -2.35. The van der Waals surface area contributed by atoms with Gasteiger partial charge in [-0.2, -0.15) is 0 Å². The van der Waals surface area contributed by atoms with Crippen LogP contribution in [0, 0.1) is 11.7 Å². The van der Waals surface area contributed by atoms with Gasteiger partial charge in [0.2, 0.25) is 5.91 Å². The molecule has 6 nitrogen and oxygen atoms in total. The summed E-state index contributed by atoms with van der Waals surface area (Å²) in [5.74, 6) is -0.729. The van der Waals surface area contributed by atoms with E-state index in [-0.39, 0.29) is 29.6 Å². The second kappa shape index (κ2) is 8.10. The lowest BCUT2D eigenvalue weighted by Crippen LogP contribution is -2.49. The van der Waals surface area contributed by atoms with E-state index in [0.717, 1.165) is 12.8 Å². The lowest BCUT2D eigenvalue weighted by atomic mass is 9.96. The largest absolute Gasteiger partial charge is 0.341 e. The fourth-order valence-corrected chi connectivity index (χ4v) is 2.78. The van der Waals surface area contributed by atoms with Crippen molar-refractivity contribution < 1.29 is 14.0 Å². The van der Waals surface area contributed by atoms with Crippen LogP contribution in [-0.2, 0) is 4.79 Å². The van der Waals surface area contributed by atoms with Crippen molar-refractivity contribution in [2.24, 2.45) is 11.7 Å². The average molecular weight is 336 g/mol. The van der Waals surface area contributed by atoms with Gasteiger partial charge in [0.15, 0.2) is 0 Å². The number of carbonyl (C=O) groups is 2. The van der Waals surface area contributed by atoms with Crippen LogP contribution in [0.1, 0.15) is 19.8 Å². The highest BCUT2D eigenvalue weighted by Crippen LogP contribution is 2.21. The summed E-state index contributed by atoms with van der Waals surface area (Å²) in [5.41, 5.74) is 5.76. The molecule has 0 aliphatic carbocycles. The maximum absolute atomic E-state index is 13.6. The molecule has 132 valence electrons. The van der Waals surface area contributed by atoms with E-state index in [4.69, 9.17) is 5.73 Å². The monoisotopic (exact) mass is 336 g/mol. The van der Waals surface area contributed by atoms with E-state index >= 15 is 0 Å². The highest BCUT2D eigenvalue weighted by atomic mass is 19.1. The molecule has 7 heteroatoms. The number of amides is 3. The predicted octanol–water partition coefficient (Wildman–Crippen LogP) is 1.88. The van der Waals surface area contributed by atoms with E-state index in [1.807, 2.05) is 6.92 Å². The molecule has 0 radical (unpaired) electrons. The molecular formula is C17H25FN4O2. The molecular weight excluding hydrogens is 311 g/mol. The molecule has 3 amide bonds. The first-order chi connectivity index (χ1) is 11.4. The summed E-state index contributed by atoms with van der Waals surface area (Å²) in [4.78, 5) is 28.1. The van der Waals surface area contributed by atoms with Crippen molar-refractivity contribution in [2.75, 3.05) is 32.0 Å². The van der Waals surface area contributed by atoms with Gasteiger partial charge in [0.05, 0.1) is 11.6 Å². The zero-order valence-corrected chi connectivity index (χ0v) is 14.2. The minimum Gasteiger partial charge on any atom is -0.341 e. The summed E-state index contributed by atoms with van der Waals surface area (Å²) in [6.45, 7) is 3.18. The third kappa shape index (κ3) is 4.23. The van der Waals surface area contributed by atoms with Crippen LogP contribution < -0.4 is 11.1 Å². The predicted molar refractivity (Wildman–Crippen MR) is 91.0 cm³/mol. The van der Waals surface area contributed by atoms with Gasteiger partial charge in [-0.05, 0) is 31.9 Å². The number of carbonyl (C=O) groups excluding carboxylic acids is 2. The molecule has 0 saturated carbocycles. The Hall–Kier alpha value is -2.15. The quantitative estimate of drug-likeness (QED) is 0.881. The zero-order chi connectivity index (χ0) is 17.7. The van der Waals surface area contributed by atoms with Gasteiger partial charge in [0.25, 0.3) is 0 Å². The van der Waals surface area contributed by atoms with Crippen LogP contribution in [0.4, 0.5) is 14.9 Å². The van der Waals surface area contributed by atoms with E-state index in [1.54, 1.807) is 29.0 Å². The normalized spacial score (nSPS) is 18.8. The Bertz CT molecular complexity index is 596. The van der Waals surface area contributed by atoms with Gasteiger partial charge in [0.1, 0.15) is 5.82 Å². The number of hydrogen-bond donors (Lipinski definition) is 2. The van der Waals surface area contributed by atoms with Crippen molar-refractivity contribution in [1.29, 1.82) is 0 Å². The molecule has 1 aliphatic rings. The Morgan fingerprint density at radius 3 is 2.83 bits per heavy atom. The number of rotatable bonds is 4. The fraction of sp³-hybridized carbons (Fsp3) is 0.529. The number of urea groups is 1. The number of likely N-dealkylation sites (N-methyl/N-ethyl adjacent to an activating group) is 1. The van der Waals surface area contributed by atoms with Crippen molar-refractivity contribution in [3.05, 3.63) is 30.1 Å². The third-order valence-corrected chi connectivity index (χ3v) is 4.52. The topological polar surface area (TPSA) is 78.7 Å². The number of benzene rings is 1. The van der Waals surface area contributed by atoms with Gasteiger partial charge in [-0.3, -0.25) is 4.79 Å². The SMILES string of the molecule is CC(CN)N(C)C(=O)C1CCCN(C(=O)Nc2ccccc2F)C1. The Kier molecular flexibility index (Phi) is 6.14. The molecule has 2 rings (SSSR count). The maximum atomic E-state index is 13.6. The molecule has 0 aromatic heterocycles. The summed E-state index contributed by atoms with van der Waals surface area (Å²) < 4.78 is 13.6. The third-order valence-electron chi connectivity index (χ3n) is 4.52. The second-order valence-electron chi connectivity index (χ2n) is 6.23. The van der Waals surface area contributed by atoms with Gasteiger partial charge in [-0.15, -0.1) is 0 Å². The van der Waals surface area contributed by atoms with Crippen molar-refractivity contribution in [3.8, 4) is 0 Å². The van der Waals surface area contributed by atoms with E-state index in [0.29, 0.717) is 19.6 Å². The van der Waals surface area contributed by atoms with E-state index in [1.165, 1.54) is 12.1 Å². The second-order valence-corrected chi connectivity index (χ2v) is 6.23. The van der Waals surface area contributed by atoms with E-state index < -0.39 is 5.82 Å². The van der Waals surface area contributed by atoms with Gasteiger partial charge < -0.3 is 20.9 Å². The van der Waals surface area contributed by atoms with Crippen LogP contribution in [0.2, 0.25) is 0 Å². The Labute approximate surface area is 141 Å². The molecule has 1 heterocycles. The van der Waals surface area contributed by atoms with Crippen molar-refractivity contribution in [3.63, 3.8) is 0 Å². The number of para-hydroxylation sites is 1. The number of halogens is 1. The van der Waals surface area contributed by atoms with Gasteiger partial charge >= 0.3 is 6.03 Å². The standard InChI is InChI=1S/C17H25FN4O2/c1-12(10-19)21(2)16(23)13-6-5-9-22(11-13)17(24)20-15-8-4-3-7-14(15)18/h3-4,7-8,12-13H,5-6,9-11,19H2,1-2H3,(H,20,24). The van der Waals surface area contributed by atoms with Gasteiger partial charge in [-0.1, -0.05) is 12.1 Å². The first-order valence-electron chi connectivity index (χ1n) is 8.21. The molecule has 2 unspecified atom stereocenters. The first-order valence-corrected chi connectivity index (χ1v) is 8.21. The van der Waals surface area contributed by atoms with E-state index in [2.05, 4.69) is 5.32 Å². The Balaban J connectivity index is 1.98. The van der Waals surface area contributed by atoms with Crippen molar-refractivity contribution in [1.82, 2.24) is 9.80 Å². The summed E-state index contributed by atoms with van der Waals surface area (Å²) in [7, 11) is 1.73. The summed E-state index contributed by atoms with van der Waals surface area (Å²) in [6.07, 6.45) is 1.48. The van der Waals surface area contributed by atoms with Gasteiger partial charge in [-0.25, -0.2) is 9.18 Å². The van der Waals surface area contributed by atoms with Crippen LogP contribution in [0.15, 0.2) is 24.3 Å². The Morgan fingerprint density at radius 1 is 1.46 bits per heavy atom. The number of likely N-dealkylation sites (tertiary alicyclic amines) is 1. The molecule has 2 atom stereocenters. The molecule has 3 N–H and O–H groups in total. The molecule has 0 bridgehead atoms. The average Bonchev–Trinajstić information content (AvgIpc) is 2.61. The van der Waals surface area contributed by atoms with Crippen LogP contribution in [0.5, 0.6) is 0 Å². The first kappa shape index (κ1) is 18.2. The summed E-state index contributed by atoms with van der Waals surface area (Å²) >= 11 is 0. The molecule has 24 heavy (non-hydrogen) atoms. The summed E-state index contributed by atoms with van der Waals surface area (Å²) in [5, 5.41) is 2.57. The molecule has 0 spiro atoms. The maximum Gasteiger partial charge on any atom is 0.321 e. The van der Waals surface area contributed by atoms with Crippen LogP contribution in [-0.4, -0.2) is 54.5 Å². The zero-order valence-electron chi connectivity index (χ0n) is 14.2. The number of nitrogens with one attached hydrogen (secondary N) is 1. The molecule has 1 aliphatic heterocycles. The number of piperidine rings is 1. The van der Waals surface area contributed by atoms with E-state index in [9.17, 15) is 14.0 Å². The smallest absolute Gasteiger partial charge is 0.321 e. The lowest BCUT2D eigenvalue weighted by molar-refractivity contribution is -0.137. The highest BCUT2D eigenvalue weighted by molar-refractivity contribution is 5.90. The number of nitrogens with two attached hydrogens (primary N) is 1. The van der Waals surface area contributed by atoms with Gasteiger partial charge in [0, 0.05) is 32.7 Å². The molecule has 1 saturated heterocycles. The minimum absolute atomic E-state index is 0.00339. The van der Waals surface area contributed by atoms with Crippen LogP contribution in [0.25, 0.3) is 0 Å². The molecule has 1 aromatic rings.